The fourth-order valence-corrected chi connectivity index (χ4v) is 1.81. The van der Waals surface area contributed by atoms with Crippen molar-refractivity contribution in [1.29, 1.82) is 0 Å². The first kappa shape index (κ1) is 12.0. The van der Waals surface area contributed by atoms with E-state index < -0.39 is 0 Å². The molecular weight excluding hydrogens is 254 g/mol. The van der Waals surface area contributed by atoms with E-state index in [1.54, 1.807) is 12.1 Å². The third kappa shape index (κ3) is 2.26. The summed E-state index contributed by atoms with van der Waals surface area (Å²) in [5.41, 5.74) is 1.55. The molecular formula is C14H11N5O. The number of rotatable bonds is 2. The zero-order chi connectivity index (χ0) is 13.8. The number of oxime groups is 1. The van der Waals surface area contributed by atoms with Crippen LogP contribution in [0.15, 0.2) is 65.8 Å². The summed E-state index contributed by atoms with van der Waals surface area (Å²) in [7, 11) is 0. The van der Waals surface area contributed by atoms with Crippen molar-refractivity contribution in [3.05, 3.63) is 66.2 Å². The van der Waals surface area contributed by atoms with E-state index in [2.05, 4.69) is 20.6 Å². The van der Waals surface area contributed by atoms with E-state index in [1.807, 2.05) is 48.5 Å². The fraction of sp³-hybridized carbons (Fsp3) is 0. The highest BCUT2D eigenvalue weighted by Gasteiger charge is 2.12. The normalized spacial score (nSPS) is 11.5. The summed E-state index contributed by atoms with van der Waals surface area (Å²) in [6.07, 6.45) is 0. The predicted molar refractivity (Wildman–Crippen MR) is 73.4 cm³/mol. The molecule has 98 valence electrons. The van der Waals surface area contributed by atoms with E-state index in [-0.39, 0.29) is 5.84 Å². The molecule has 0 saturated heterocycles. The molecule has 0 amide bonds. The average molecular weight is 265 g/mol. The Hall–Kier alpha value is -3.02. The SMILES string of the molecule is O/N=C(/c1ccccc1)n1nnc(-c2ccccc2)n1. The van der Waals surface area contributed by atoms with Crippen LogP contribution in [-0.2, 0) is 0 Å². The van der Waals surface area contributed by atoms with Gasteiger partial charge in [0.05, 0.1) is 0 Å². The molecule has 1 heterocycles. The quantitative estimate of drug-likeness (QED) is 0.333. The van der Waals surface area contributed by atoms with Crippen molar-refractivity contribution in [2.24, 2.45) is 5.16 Å². The highest BCUT2D eigenvalue weighted by molar-refractivity contribution is 5.98. The molecule has 3 aromatic rings. The van der Waals surface area contributed by atoms with Gasteiger partial charge in [0.15, 0.2) is 0 Å². The Morgan fingerprint density at radius 3 is 2.25 bits per heavy atom. The summed E-state index contributed by atoms with van der Waals surface area (Å²) >= 11 is 0. The van der Waals surface area contributed by atoms with Crippen molar-refractivity contribution >= 4 is 5.84 Å². The summed E-state index contributed by atoms with van der Waals surface area (Å²) < 4.78 is 0. The third-order valence-electron chi connectivity index (χ3n) is 2.76. The van der Waals surface area contributed by atoms with Crippen LogP contribution in [0.5, 0.6) is 0 Å². The molecule has 1 N–H and O–H groups in total. The molecule has 0 aliphatic heterocycles. The lowest BCUT2D eigenvalue weighted by Crippen LogP contribution is -2.17. The van der Waals surface area contributed by atoms with Gasteiger partial charge < -0.3 is 5.21 Å². The standard InChI is InChI=1S/C14H11N5O/c20-17-14(12-9-5-2-6-10-12)19-16-13(15-18-19)11-7-3-1-4-8-11/h1-10,20H/b17-14-. The minimum absolute atomic E-state index is 0.222. The van der Waals surface area contributed by atoms with Gasteiger partial charge in [-0.1, -0.05) is 65.8 Å². The Morgan fingerprint density at radius 2 is 1.60 bits per heavy atom. The molecule has 0 unspecified atom stereocenters. The third-order valence-corrected chi connectivity index (χ3v) is 2.76. The molecule has 0 aliphatic rings. The molecule has 6 nitrogen and oxygen atoms in total. The van der Waals surface area contributed by atoms with Gasteiger partial charge in [0, 0.05) is 11.1 Å². The van der Waals surface area contributed by atoms with Gasteiger partial charge in [-0.25, -0.2) is 0 Å². The van der Waals surface area contributed by atoms with Gasteiger partial charge in [0.2, 0.25) is 11.7 Å². The molecule has 0 bridgehead atoms. The van der Waals surface area contributed by atoms with Crippen molar-refractivity contribution in [3.63, 3.8) is 0 Å². The largest absolute Gasteiger partial charge is 0.409 e. The Kier molecular flexibility index (Phi) is 3.20. The second kappa shape index (κ2) is 5.31. The van der Waals surface area contributed by atoms with E-state index in [0.29, 0.717) is 11.4 Å². The van der Waals surface area contributed by atoms with Gasteiger partial charge in [-0.2, -0.15) is 0 Å². The Morgan fingerprint density at radius 1 is 0.950 bits per heavy atom. The summed E-state index contributed by atoms with van der Waals surface area (Å²) in [4.78, 5) is 1.21. The van der Waals surface area contributed by atoms with Crippen molar-refractivity contribution in [2.45, 2.75) is 0 Å². The molecule has 0 spiro atoms. The van der Waals surface area contributed by atoms with Crippen LogP contribution in [0.3, 0.4) is 0 Å². The molecule has 0 saturated carbocycles. The Bertz CT molecular complexity index is 722. The number of nitrogens with zero attached hydrogens (tertiary/aromatic N) is 5. The summed E-state index contributed by atoms with van der Waals surface area (Å²) in [6, 6.07) is 18.7. The summed E-state index contributed by atoms with van der Waals surface area (Å²) in [5.74, 6) is 0.697. The number of hydrogen-bond acceptors (Lipinski definition) is 5. The van der Waals surface area contributed by atoms with Crippen LogP contribution in [0.1, 0.15) is 5.56 Å². The van der Waals surface area contributed by atoms with E-state index in [0.717, 1.165) is 5.56 Å². The Balaban J connectivity index is 1.98. The first-order valence-corrected chi connectivity index (χ1v) is 6.02. The van der Waals surface area contributed by atoms with Gasteiger partial charge in [-0.05, 0) is 5.21 Å². The lowest BCUT2D eigenvalue weighted by atomic mass is 10.2. The second-order valence-corrected chi connectivity index (χ2v) is 4.06. The number of hydrogen-bond donors (Lipinski definition) is 1. The van der Waals surface area contributed by atoms with Crippen LogP contribution in [0.2, 0.25) is 0 Å². The molecule has 0 aliphatic carbocycles. The first-order valence-electron chi connectivity index (χ1n) is 6.02. The lowest BCUT2D eigenvalue weighted by molar-refractivity contribution is 0.315. The number of aromatic nitrogens is 4. The fourth-order valence-electron chi connectivity index (χ4n) is 1.81. The first-order chi connectivity index (χ1) is 9.88. The molecule has 0 fully saturated rings. The molecule has 6 heteroatoms. The van der Waals surface area contributed by atoms with Gasteiger partial charge >= 0.3 is 0 Å². The van der Waals surface area contributed by atoms with E-state index in [1.165, 1.54) is 4.80 Å². The minimum atomic E-state index is 0.222. The van der Waals surface area contributed by atoms with E-state index in [4.69, 9.17) is 0 Å². The van der Waals surface area contributed by atoms with Crippen LogP contribution in [0, 0.1) is 0 Å². The van der Waals surface area contributed by atoms with Crippen molar-refractivity contribution < 1.29 is 5.21 Å². The highest BCUT2D eigenvalue weighted by Crippen LogP contribution is 2.12. The van der Waals surface area contributed by atoms with Gasteiger partial charge in [-0.15, -0.1) is 15.0 Å². The van der Waals surface area contributed by atoms with Gasteiger partial charge in [0.25, 0.3) is 0 Å². The molecule has 1 aromatic heterocycles. The van der Waals surface area contributed by atoms with Gasteiger partial charge in [0.1, 0.15) is 0 Å². The second-order valence-electron chi connectivity index (χ2n) is 4.06. The zero-order valence-corrected chi connectivity index (χ0v) is 10.5. The molecule has 0 radical (unpaired) electrons. The van der Waals surface area contributed by atoms with Crippen LogP contribution < -0.4 is 0 Å². The molecule has 2 aromatic carbocycles. The summed E-state index contributed by atoms with van der Waals surface area (Å²) in [5, 5.41) is 24.5. The predicted octanol–water partition coefficient (Wildman–Crippen LogP) is 2.02. The van der Waals surface area contributed by atoms with Gasteiger partial charge in [-0.3, -0.25) is 0 Å². The maximum absolute atomic E-state index is 9.17. The monoisotopic (exact) mass is 265 g/mol. The van der Waals surface area contributed by atoms with Crippen molar-refractivity contribution in [3.8, 4) is 11.4 Å². The Labute approximate surface area is 115 Å². The van der Waals surface area contributed by atoms with Crippen LogP contribution in [0.4, 0.5) is 0 Å². The van der Waals surface area contributed by atoms with E-state index in [9.17, 15) is 5.21 Å². The number of benzene rings is 2. The molecule has 20 heavy (non-hydrogen) atoms. The average Bonchev–Trinajstić information content (AvgIpc) is 3.00. The van der Waals surface area contributed by atoms with Crippen LogP contribution >= 0.6 is 0 Å². The topological polar surface area (TPSA) is 76.2 Å². The maximum atomic E-state index is 9.17. The molecule has 0 atom stereocenters. The lowest BCUT2D eigenvalue weighted by Gasteiger charge is -2.00. The molecule has 3 rings (SSSR count). The smallest absolute Gasteiger partial charge is 0.221 e. The maximum Gasteiger partial charge on any atom is 0.221 e. The van der Waals surface area contributed by atoms with Crippen molar-refractivity contribution in [1.82, 2.24) is 20.2 Å². The van der Waals surface area contributed by atoms with Crippen LogP contribution in [-0.4, -0.2) is 31.3 Å². The van der Waals surface area contributed by atoms with E-state index >= 15 is 0 Å². The highest BCUT2D eigenvalue weighted by atomic mass is 16.4. The number of tetrazole rings is 1. The summed E-state index contributed by atoms with van der Waals surface area (Å²) in [6.45, 7) is 0. The minimum Gasteiger partial charge on any atom is -0.409 e. The van der Waals surface area contributed by atoms with Crippen LogP contribution in [0.25, 0.3) is 11.4 Å². The zero-order valence-electron chi connectivity index (χ0n) is 10.5. The van der Waals surface area contributed by atoms with Crippen molar-refractivity contribution in [2.75, 3.05) is 0 Å².